The van der Waals surface area contributed by atoms with Crippen molar-refractivity contribution in [2.75, 3.05) is 7.05 Å². The van der Waals surface area contributed by atoms with Gasteiger partial charge in [-0.05, 0) is 26.0 Å². The zero-order valence-corrected chi connectivity index (χ0v) is 15.4. The highest BCUT2D eigenvalue weighted by atomic mass is 16.3. The van der Waals surface area contributed by atoms with Crippen molar-refractivity contribution in [3.63, 3.8) is 0 Å². The van der Waals surface area contributed by atoms with E-state index in [2.05, 4.69) is 0 Å². The van der Waals surface area contributed by atoms with Crippen LogP contribution in [0.25, 0.3) is 0 Å². The Morgan fingerprint density at radius 2 is 1.75 bits per heavy atom. The summed E-state index contributed by atoms with van der Waals surface area (Å²) in [7, 11) is 1.71. The first kappa shape index (κ1) is 18.5. The summed E-state index contributed by atoms with van der Waals surface area (Å²) in [6.45, 7) is 9.50. The van der Waals surface area contributed by atoms with Crippen LogP contribution in [0, 0.1) is 11.3 Å². The van der Waals surface area contributed by atoms with Gasteiger partial charge in [-0.2, -0.15) is 0 Å². The third-order valence-corrected chi connectivity index (χ3v) is 4.77. The molecule has 5 nitrogen and oxygen atoms in total. The van der Waals surface area contributed by atoms with Gasteiger partial charge in [-0.25, -0.2) is 0 Å². The van der Waals surface area contributed by atoms with Crippen molar-refractivity contribution >= 4 is 11.8 Å². The second-order valence-electron chi connectivity index (χ2n) is 7.77. The van der Waals surface area contributed by atoms with E-state index in [-0.39, 0.29) is 29.4 Å². The topological polar surface area (TPSA) is 60.9 Å². The van der Waals surface area contributed by atoms with Gasteiger partial charge < -0.3 is 14.9 Å². The van der Waals surface area contributed by atoms with E-state index in [9.17, 15) is 14.7 Å². The van der Waals surface area contributed by atoms with Crippen molar-refractivity contribution in [2.45, 2.75) is 52.9 Å². The Morgan fingerprint density at radius 3 is 2.21 bits per heavy atom. The molecule has 1 saturated heterocycles. The molecule has 1 aliphatic rings. The van der Waals surface area contributed by atoms with E-state index in [0.29, 0.717) is 5.56 Å². The zero-order valence-electron chi connectivity index (χ0n) is 15.4. The Balaban J connectivity index is 2.53. The van der Waals surface area contributed by atoms with Gasteiger partial charge in [0.2, 0.25) is 5.91 Å². The molecule has 0 bridgehead atoms. The fraction of sp³-hybridized carbons (Fsp3) is 0.579. The minimum atomic E-state index is -0.818. The SMILES string of the molecule is C[C@@H]1[C@@H]([C@@H](C)O)C(=O)N(C)[C@H](C(C)(C)C)N1C(=O)c1ccccc1. The predicted octanol–water partition coefficient (Wildman–Crippen LogP) is 2.36. The number of nitrogens with zero attached hydrogens (tertiary/aromatic N) is 2. The Bertz CT molecular complexity index is 607. The molecular formula is C19H28N2O3. The number of aliphatic hydroxyl groups excluding tert-OH is 1. The lowest BCUT2D eigenvalue weighted by molar-refractivity contribution is -0.164. The minimum Gasteiger partial charge on any atom is -0.393 e. The molecule has 4 atom stereocenters. The number of hydrogen-bond acceptors (Lipinski definition) is 3. The summed E-state index contributed by atoms with van der Waals surface area (Å²) in [6.07, 6.45) is -1.19. The third kappa shape index (κ3) is 3.18. The molecule has 0 unspecified atom stereocenters. The fourth-order valence-corrected chi connectivity index (χ4v) is 3.78. The molecule has 0 saturated carbocycles. The largest absolute Gasteiger partial charge is 0.393 e. The highest BCUT2D eigenvalue weighted by Gasteiger charge is 2.50. The predicted molar refractivity (Wildman–Crippen MR) is 93.3 cm³/mol. The van der Waals surface area contributed by atoms with Crippen molar-refractivity contribution in [1.29, 1.82) is 0 Å². The molecule has 2 rings (SSSR count). The average molecular weight is 332 g/mol. The van der Waals surface area contributed by atoms with Crippen LogP contribution in [0.4, 0.5) is 0 Å². The molecular weight excluding hydrogens is 304 g/mol. The number of amides is 2. The second kappa shape index (κ2) is 6.55. The van der Waals surface area contributed by atoms with Gasteiger partial charge in [-0.3, -0.25) is 9.59 Å². The standard InChI is InChI=1S/C19H28N2O3/c1-12-15(13(2)22)17(24)20(6)18(19(3,4)5)21(12)16(23)14-10-8-7-9-11-14/h7-13,15,18,22H,1-6H3/t12-,13-,15+,18+/m1/s1. The van der Waals surface area contributed by atoms with Gasteiger partial charge in [0.1, 0.15) is 6.17 Å². The number of rotatable bonds is 2. The first-order chi connectivity index (χ1) is 11.1. The summed E-state index contributed by atoms with van der Waals surface area (Å²) < 4.78 is 0. The second-order valence-corrected chi connectivity index (χ2v) is 7.77. The number of benzene rings is 1. The maximum absolute atomic E-state index is 13.2. The number of hydrogen-bond donors (Lipinski definition) is 1. The molecule has 1 aromatic rings. The van der Waals surface area contributed by atoms with Crippen LogP contribution in [0.15, 0.2) is 30.3 Å². The van der Waals surface area contributed by atoms with Crippen molar-refractivity contribution in [3.8, 4) is 0 Å². The Hall–Kier alpha value is -1.88. The molecule has 1 N–H and O–H groups in total. The van der Waals surface area contributed by atoms with E-state index in [1.807, 2.05) is 45.9 Å². The van der Waals surface area contributed by atoms with Crippen LogP contribution in [-0.4, -0.2) is 52.1 Å². The Labute approximate surface area is 144 Å². The van der Waals surface area contributed by atoms with E-state index < -0.39 is 12.0 Å². The molecule has 1 fully saturated rings. The molecule has 1 aromatic carbocycles. The highest BCUT2D eigenvalue weighted by Crippen LogP contribution is 2.37. The molecule has 0 aliphatic carbocycles. The van der Waals surface area contributed by atoms with Crippen molar-refractivity contribution < 1.29 is 14.7 Å². The van der Waals surface area contributed by atoms with E-state index in [4.69, 9.17) is 0 Å². The molecule has 24 heavy (non-hydrogen) atoms. The van der Waals surface area contributed by atoms with E-state index in [1.165, 1.54) is 0 Å². The molecule has 0 aromatic heterocycles. The van der Waals surface area contributed by atoms with Gasteiger partial charge in [0.25, 0.3) is 5.91 Å². The smallest absolute Gasteiger partial charge is 0.255 e. The molecule has 132 valence electrons. The third-order valence-electron chi connectivity index (χ3n) is 4.77. The van der Waals surface area contributed by atoms with Gasteiger partial charge in [0, 0.05) is 24.1 Å². The molecule has 1 aliphatic heterocycles. The van der Waals surface area contributed by atoms with Gasteiger partial charge in [0.15, 0.2) is 0 Å². The lowest BCUT2D eigenvalue weighted by Gasteiger charge is -2.54. The van der Waals surface area contributed by atoms with E-state index in [0.717, 1.165) is 0 Å². The van der Waals surface area contributed by atoms with E-state index in [1.54, 1.807) is 35.9 Å². The van der Waals surface area contributed by atoms with Crippen LogP contribution < -0.4 is 0 Å². The van der Waals surface area contributed by atoms with Gasteiger partial charge >= 0.3 is 0 Å². The van der Waals surface area contributed by atoms with Gasteiger partial charge in [-0.15, -0.1) is 0 Å². The quantitative estimate of drug-likeness (QED) is 0.904. The summed E-state index contributed by atoms with van der Waals surface area (Å²) >= 11 is 0. The Morgan fingerprint density at radius 1 is 1.21 bits per heavy atom. The number of carbonyl (C=O) groups is 2. The van der Waals surface area contributed by atoms with Crippen molar-refractivity contribution in [2.24, 2.45) is 11.3 Å². The number of carbonyl (C=O) groups excluding carboxylic acids is 2. The van der Waals surface area contributed by atoms with Crippen LogP contribution in [-0.2, 0) is 4.79 Å². The van der Waals surface area contributed by atoms with Crippen LogP contribution >= 0.6 is 0 Å². The molecule has 1 heterocycles. The summed E-state index contributed by atoms with van der Waals surface area (Å²) in [5.74, 6) is -0.858. The molecule has 2 amide bonds. The lowest BCUT2D eigenvalue weighted by Crippen LogP contribution is -2.69. The zero-order chi connectivity index (χ0) is 18.2. The van der Waals surface area contributed by atoms with Crippen molar-refractivity contribution in [1.82, 2.24) is 9.80 Å². The van der Waals surface area contributed by atoms with Crippen molar-refractivity contribution in [3.05, 3.63) is 35.9 Å². The van der Waals surface area contributed by atoms with Crippen LogP contribution in [0.2, 0.25) is 0 Å². The first-order valence-corrected chi connectivity index (χ1v) is 8.39. The minimum absolute atomic E-state index is 0.116. The lowest BCUT2D eigenvalue weighted by atomic mass is 9.82. The summed E-state index contributed by atoms with van der Waals surface area (Å²) in [5, 5.41) is 10.1. The number of aliphatic hydroxyl groups is 1. The first-order valence-electron chi connectivity index (χ1n) is 8.39. The van der Waals surface area contributed by atoms with E-state index >= 15 is 0 Å². The van der Waals surface area contributed by atoms with Crippen LogP contribution in [0.3, 0.4) is 0 Å². The fourth-order valence-electron chi connectivity index (χ4n) is 3.78. The summed E-state index contributed by atoms with van der Waals surface area (Å²) in [5.41, 5.74) is 0.276. The monoisotopic (exact) mass is 332 g/mol. The average Bonchev–Trinajstić information content (AvgIpc) is 2.49. The van der Waals surface area contributed by atoms with Crippen LogP contribution in [0.1, 0.15) is 45.0 Å². The normalized spacial score (nSPS) is 26.5. The summed E-state index contributed by atoms with van der Waals surface area (Å²) in [4.78, 5) is 29.3. The van der Waals surface area contributed by atoms with Gasteiger partial charge in [0.05, 0.1) is 12.0 Å². The Kier molecular flexibility index (Phi) is 5.04. The molecule has 0 spiro atoms. The maximum atomic E-state index is 13.2. The highest BCUT2D eigenvalue weighted by molar-refractivity contribution is 5.96. The molecule has 5 heteroatoms. The summed E-state index contributed by atoms with van der Waals surface area (Å²) in [6, 6.07) is 8.70. The maximum Gasteiger partial charge on any atom is 0.255 e. The molecule has 0 radical (unpaired) electrons. The van der Waals surface area contributed by atoms with Gasteiger partial charge in [-0.1, -0.05) is 39.0 Å². The van der Waals surface area contributed by atoms with Crippen LogP contribution in [0.5, 0.6) is 0 Å².